The van der Waals surface area contributed by atoms with Crippen LogP contribution in [0.1, 0.15) is 41.0 Å². The Kier molecular flexibility index (Phi) is 5.44. The number of fused-ring (bicyclic) bond motifs is 1. The summed E-state index contributed by atoms with van der Waals surface area (Å²) in [6.07, 6.45) is 2.63. The summed E-state index contributed by atoms with van der Waals surface area (Å²) in [6, 6.07) is 8.13. The fourth-order valence-electron chi connectivity index (χ4n) is 3.86. The molecule has 29 heavy (non-hydrogen) atoms. The van der Waals surface area contributed by atoms with Crippen LogP contribution in [0.2, 0.25) is 0 Å². The number of amides is 2. The molecule has 0 saturated carbocycles. The lowest BCUT2D eigenvalue weighted by atomic mass is 9.98. The minimum Gasteiger partial charge on any atom is -0.335 e. The third-order valence-electron chi connectivity index (χ3n) is 5.56. The molecule has 0 unspecified atom stereocenters. The lowest BCUT2D eigenvalue weighted by Gasteiger charge is -2.34. The summed E-state index contributed by atoms with van der Waals surface area (Å²) < 4.78 is 0. The molecule has 3 heterocycles. The van der Waals surface area contributed by atoms with E-state index in [0.29, 0.717) is 24.5 Å². The number of benzene rings is 1. The largest absolute Gasteiger partial charge is 0.335 e. The Hall–Kier alpha value is -2.25. The Labute approximate surface area is 176 Å². The van der Waals surface area contributed by atoms with Crippen LogP contribution in [-0.2, 0) is 16.6 Å². The van der Waals surface area contributed by atoms with E-state index in [1.54, 1.807) is 6.20 Å². The van der Waals surface area contributed by atoms with E-state index in [0.717, 1.165) is 36.8 Å². The molecular formula is C22H28N4O2S. The van der Waals surface area contributed by atoms with Gasteiger partial charge in [0.15, 0.2) is 0 Å². The molecule has 154 valence electrons. The highest BCUT2D eigenvalue weighted by atomic mass is 32.1. The molecule has 2 aromatic rings. The van der Waals surface area contributed by atoms with Crippen LogP contribution in [0, 0.1) is 0 Å². The smallest absolute Gasteiger partial charge is 0.265 e. The first-order chi connectivity index (χ1) is 13.8. The molecule has 7 heteroatoms. The number of para-hydroxylation sites is 1. The van der Waals surface area contributed by atoms with E-state index >= 15 is 0 Å². The maximum atomic E-state index is 12.8. The van der Waals surface area contributed by atoms with Crippen LogP contribution in [0.4, 0.5) is 5.69 Å². The van der Waals surface area contributed by atoms with Gasteiger partial charge in [-0.15, -0.1) is 11.3 Å². The highest BCUT2D eigenvalue weighted by Crippen LogP contribution is 2.28. The van der Waals surface area contributed by atoms with Crippen molar-refractivity contribution in [2.45, 2.75) is 32.6 Å². The molecule has 0 radical (unpaired) electrons. The maximum absolute atomic E-state index is 12.8. The summed E-state index contributed by atoms with van der Waals surface area (Å²) >= 11 is 1.49. The van der Waals surface area contributed by atoms with Gasteiger partial charge in [0.05, 0.1) is 17.7 Å². The predicted octanol–water partition coefficient (Wildman–Crippen LogP) is 2.79. The Bertz CT molecular complexity index is 910. The van der Waals surface area contributed by atoms with Crippen molar-refractivity contribution < 1.29 is 9.59 Å². The average molecular weight is 413 g/mol. The van der Waals surface area contributed by atoms with Crippen molar-refractivity contribution in [2.75, 3.05) is 44.2 Å². The van der Waals surface area contributed by atoms with Crippen molar-refractivity contribution in [3.8, 4) is 0 Å². The lowest BCUT2D eigenvalue weighted by Crippen LogP contribution is -2.51. The molecule has 0 aliphatic carbocycles. The first kappa shape index (κ1) is 20.0. The highest BCUT2D eigenvalue weighted by Gasteiger charge is 2.29. The van der Waals surface area contributed by atoms with Crippen LogP contribution in [0.3, 0.4) is 0 Å². The van der Waals surface area contributed by atoms with Crippen LogP contribution in [0.15, 0.2) is 30.5 Å². The molecule has 0 atom stereocenters. The van der Waals surface area contributed by atoms with Crippen molar-refractivity contribution in [1.29, 1.82) is 0 Å². The van der Waals surface area contributed by atoms with Crippen LogP contribution < -0.4 is 4.90 Å². The molecule has 0 N–H and O–H groups in total. The topological polar surface area (TPSA) is 56.8 Å². The van der Waals surface area contributed by atoms with Gasteiger partial charge in [0.25, 0.3) is 5.91 Å². The fraction of sp³-hybridized carbons (Fsp3) is 0.500. The number of nitrogens with zero attached hydrogens (tertiary/aromatic N) is 4. The van der Waals surface area contributed by atoms with Gasteiger partial charge in [-0.05, 0) is 18.1 Å². The Morgan fingerprint density at radius 2 is 1.79 bits per heavy atom. The van der Waals surface area contributed by atoms with Crippen LogP contribution in [0.5, 0.6) is 0 Å². The monoisotopic (exact) mass is 412 g/mol. The molecule has 2 aliphatic rings. The van der Waals surface area contributed by atoms with E-state index in [2.05, 4.69) is 36.7 Å². The number of carbonyl (C=O) groups excluding carboxylic acids is 2. The Balaban J connectivity index is 1.31. The summed E-state index contributed by atoms with van der Waals surface area (Å²) in [5, 5.41) is 0.982. The van der Waals surface area contributed by atoms with Gasteiger partial charge in [-0.3, -0.25) is 14.5 Å². The van der Waals surface area contributed by atoms with Crippen molar-refractivity contribution in [2.24, 2.45) is 0 Å². The van der Waals surface area contributed by atoms with Gasteiger partial charge in [-0.1, -0.05) is 39.0 Å². The van der Waals surface area contributed by atoms with E-state index < -0.39 is 0 Å². The Morgan fingerprint density at radius 3 is 2.48 bits per heavy atom. The molecule has 1 aromatic carbocycles. The first-order valence-corrected chi connectivity index (χ1v) is 11.0. The maximum Gasteiger partial charge on any atom is 0.265 e. The molecule has 0 spiro atoms. The molecule has 1 aromatic heterocycles. The summed E-state index contributed by atoms with van der Waals surface area (Å²) in [7, 11) is 0. The van der Waals surface area contributed by atoms with Gasteiger partial charge >= 0.3 is 0 Å². The normalized spacial score (nSPS) is 17.5. The minimum atomic E-state index is -0.0452. The first-order valence-electron chi connectivity index (χ1n) is 10.2. The van der Waals surface area contributed by atoms with Crippen LogP contribution >= 0.6 is 11.3 Å². The van der Waals surface area contributed by atoms with E-state index in [-0.39, 0.29) is 17.2 Å². The zero-order valence-electron chi connectivity index (χ0n) is 17.4. The number of hydrogen-bond donors (Lipinski definition) is 0. The second-order valence-electron chi connectivity index (χ2n) is 8.77. The third-order valence-corrected chi connectivity index (χ3v) is 6.98. The van der Waals surface area contributed by atoms with Crippen molar-refractivity contribution in [1.82, 2.24) is 14.8 Å². The zero-order chi connectivity index (χ0) is 20.6. The molecule has 2 amide bonds. The highest BCUT2D eigenvalue weighted by molar-refractivity contribution is 7.13. The van der Waals surface area contributed by atoms with Crippen molar-refractivity contribution in [3.63, 3.8) is 0 Å². The molecule has 6 nitrogen and oxygen atoms in total. The molecule has 4 rings (SSSR count). The van der Waals surface area contributed by atoms with E-state index in [1.165, 1.54) is 16.9 Å². The van der Waals surface area contributed by atoms with Gasteiger partial charge in [-0.25, -0.2) is 4.98 Å². The summed E-state index contributed by atoms with van der Waals surface area (Å²) in [4.78, 5) is 36.7. The fourth-order valence-corrected chi connectivity index (χ4v) is 4.80. The summed E-state index contributed by atoms with van der Waals surface area (Å²) in [5.41, 5.74) is 2.25. The summed E-state index contributed by atoms with van der Waals surface area (Å²) in [5.74, 6) is 0.199. The number of carbonyl (C=O) groups is 2. The molecule has 1 fully saturated rings. The number of aromatic nitrogens is 1. The summed E-state index contributed by atoms with van der Waals surface area (Å²) in [6.45, 7) is 10.2. The number of anilines is 1. The second-order valence-corrected chi connectivity index (χ2v) is 9.80. The molecule has 2 aliphatic heterocycles. The van der Waals surface area contributed by atoms with Crippen LogP contribution in [-0.4, -0.2) is 65.9 Å². The van der Waals surface area contributed by atoms with Crippen LogP contribution in [0.25, 0.3) is 0 Å². The number of rotatable bonds is 3. The van der Waals surface area contributed by atoms with Gasteiger partial charge in [0.1, 0.15) is 4.88 Å². The predicted molar refractivity (Wildman–Crippen MR) is 116 cm³/mol. The second kappa shape index (κ2) is 7.88. The van der Waals surface area contributed by atoms with Crippen molar-refractivity contribution >= 4 is 28.8 Å². The van der Waals surface area contributed by atoms with E-state index in [9.17, 15) is 9.59 Å². The number of piperazine rings is 1. The van der Waals surface area contributed by atoms with Crippen molar-refractivity contribution in [3.05, 3.63) is 45.9 Å². The molecule has 0 bridgehead atoms. The molecule has 1 saturated heterocycles. The SMILES string of the molecule is CC(C)(C)c1ncc(C(=O)N2CCN(CC(=O)N3CCc4ccccc43)CC2)s1. The van der Waals surface area contributed by atoms with E-state index in [4.69, 9.17) is 0 Å². The average Bonchev–Trinajstić information content (AvgIpc) is 3.35. The standard InChI is InChI=1S/C22H28N4O2S/c1-22(2,3)21-23-14-18(29-21)20(28)25-12-10-24(11-13-25)15-19(27)26-9-8-16-6-4-5-7-17(16)26/h4-7,14H,8-13,15H2,1-3H3. The minimum absolute atomic E-state index is 0.0452. The Morgan fingerprint density at radius 1 is 1.07 bits per heavy atom. The molecular weight excluding hydrogens is 384 g/mol. The third kappa shape index (κ3) is 4.21. The lowest BCUT2D eigenvalue weighted by molar-refractivity contribution is -0.120. The van der Waals surface area contributed by atoms with Gasteiger partial charge in [0.2, 0.25) is 5.91 Å². The van der Waals surface area contributed by atoms with Gasteiger partial charge < -0.3 is 9.80 Å². The number of thiazole rings is 1. The number of hydrogen-bond acceptors (Lipinski definition) is 5. The van der Waals surface area contributed by atoms with Gasteiger partial charge in [0, 0.05) is 43.8 Å². The zero-order valence-corrected chi connectivity index (χ0v) is 18.2. The van der Waals surface area contributed by atoms with Gasteiger partial charge in [-0.2, -0.15) is 0 Å². The van der Waals surface area contributed by atoms with E-state index in [1.807, 2.05) is 28.0 Å². The quantitative estimate of drug-likeness (QED) is 0.778.